The van der Waals surface area contributed by atoms with Crippen LogP contribution in [0.1, 0.15) is 51.9 Å². The topological polar surface area (TPSA) is 12.0 Å². The zero-order valence-electron chi connectivity index (χ0n) is 10.2. The van der Waals surface area contributed by atoms with E-state index in [-0.39, 0.29) is 0 Å². The molecule has 0 bridgehead atoms. The summed E-state index contributed by atoms with van der Waals surface area (Å²) in [7, 11) is 0. The summed E-state index contributed by atoms with van der Waals surface area (Å²) in [5, 5.41) is 3.46. The molecule has 1 nitrogen and oxygen atoms in total. The van der Waals surface area contributed by atoms with E-state index in [2.05, 4.69) is 24.9 Å². The molecule has 0 radical (unpaired) electrons. The van der Waals surface area contributed by atoms with Crippen molar-refractivity contribution in [2.24, 2.45) is 11.8 Å². The van der Waals surface area contributed by atoms with Crippen molar-refractivity contribution < 1.29 is 0 Å². The molecule has 1 N–H and O–H groups in total. The quantitative estimate of drug-likeness (QED) is 0.503. The van der Waals surface area contributed by atoms with Gasteiger partial charge in [-0.25, -0.2) is 0 Å². The molecule has 90 valence electrons. The smallest absolute Gasteiger partial charge is 0.00397 e. The Morgan fingerprint density at radius 2 is 1.93 bits per heavy atom. The number of hydrogen-bond acceptors (Lipinski definition) is 2. The monoisotopic (exact) mass is 229 g/mol. The zero-order valence-corrected chi connectivity index (χ0v) is 11.1. The Kier molecular flexibility index (Phi) is 7.54. The minimum absolute atomic E-state index is 0.959. The molecule has 2 heteroatoms. The Hall–Kier alpha value is 0.310. The first-order chi connectivity index (χ1) is 7.38. The summed E-state index contributed by atoms with van der Waals surface area (Å²) in [6, 6.07) is 0. The first-order valence-corrected chi connectivity index (χ1v) is 7.33. The molecule has 15 heavy (non-hydrogen) atoms. The van der Waals surface area contributed by atoms with Crippen LogP contribution >= 0.6 is 12.6 Å². The molecular formula is C13H27NS. The second-order valence-corrected chi connectivity index (χ2v) is 5.28. The van der Waals surface area contributed by atoms with Crippen LogP contribution in [0.25, 0.3) is 0 Å². The molecule has 1 aliphatic carbocycles. The van der Waals surface area contributed by atoms with E-state index in [0.717, 1.165) is 24.1 Å². The fraction of sp³-hybridized carbons (Fsp3) is 1.00. The second kappa shape index (κ2) is 8.46. The largest absolute Gasteiger partial charge is 0.316 e. The van der Waals surface area contributed by atoms with Gasteiger partial charge < -0.3 is 5.32 Å². The lowest BCUT2D eigenvalue weighted by Gasteiger charge is -2.29. The maximum Gasteiger partial charge on any atom is 0.00397 e. The molecule has 0 aliphatic heterocycles. The summed E-state index contributed by atoms with van der Waals surface area (Å²) in [5.41, 5.74) is 0. The Balaban J connectivity index is 2.15. The summed E-state index contributed by atoms with van der Waals surface area (Å²) in [5.74, 6) is 2.96. The average molecular weight is 229 g/mol. The van der Waals surface area contributed by atoms with E-state index >= 15 is 0 Å². The van der Waals surface area contributed by atoms with E-state index < -0.39 is 0 Å². The molecular weight excluding hydrogens is 202 g/mol. The molecule has 0 aromatic rings. The molecule has 1 rings (SSSR count). The number of rotatable bonds is 7. The van der Waals surface area contributed by atoms with Gasteiger partial charge in [-0.05, 0) is 24.8 Å². The maximum atomic E-state index is 4.21. The molecule has 1 saturated carbocycles. The molecule has 0 aromatic heterocycles. The predicted octanol–water partition coefficient (Wildman–Crippen LogP) is 3.50. The van der Waals surface area contributed by atoms with Gasteiger partial charge in [0.1, 0.15) is 0 Å². The van der Waals surface area contributed by atoms with Crippen molar-refractivity contribution in [2.45, 2.75) is 51.9 Å². The highest BCUT2D eigenvalue weighted by Crippen LogP contribution is 2.33. The summed E-state index contributed by atoms with van der Waals surface area (Å²) in [4.78, 5) is 0. The summed E-state index contributed by atoms with van der Waals surface area (Å²) < 4.78 is 0. The van der Waals surface area contributed by atoms with Crippen molar-refractivity contribution in [1.82, 2.24) is 5.32 Å². The molecule has 1 aliphatic rings. The van der Waals surface area contributed by atoms with Crippen LogP contribution in [-0.2, 0) is 0 Å². The normalized spacial score (nSPS) is 20.4. The summed E-state index contributed by atoms with van der Waals surface area (Å²) in [6.07, 6.45) is 10.2. The van der Waals surface area contributed by atoms with E-state index in [0.29, 0.717) is 0 Å². The highest BCUT2D eigenvalue weighted by atomic mass is 32.1. The fourth-order valence-corrected chi connectivity index (χ4v) is 3.03. The molecule has 0 heterocycles. The Labute approximate surface area is 101 Å². The third kappa shape index (κ3) is 5.26. The average Bonchev–Trinajstić information content (AvgIpc) is 2.30. The van der Waals surface area contributed by atoms with Crippen LogP contribution < -0.4 is 5.32 Å². The van der Waals surface area contributed by atoms with Gasteiger partial charge in [0.2, 0.25) is 0 Å². The van der Waals surface area contributed by atoms with Gasteiger partial charge in [-0.2, -0.15) is 12.6 Å². The first-order valence-electron chi connectivity index (χ1n) is 6.70. The number of thiol groups is 1. The minimum atomic E-state index is 0.959. The van der Waals surface area contributed by atoms with Crippen molar-refractivity contribution >= 4 is 12.6 Å². The minimum Gasteiger partial charge on any atom is -0.316 e. The fourth-order valence-electron chi connectivity index (χ4n) is 2.87. The maximum absolute atomic E-state index is 4.21. The summed E-state index contributed by atoms with van der Waals surface area (Å²) >= 11 is 4.21. The van der Waals surface area contributed by atoms with E-state index in [4.69, 9.17) is 0 Å². The van der Waals surface area contributed by atoms with Gasteiger partial charge in [-0.3, -0.25) is 0 Å². The summed E-state index contributed by atoms with van der Waals surface area (Å²) in [6.45, 7) is 4.61. The third-order valence-corrected chi connectivity index (χ3v) is 4.04. The van der Waals surface area contributed by atoms with Crippen LogP contribution in [0.2, 0.25) is 0 Å². The predicted molar refractivity (Wildman–Crippen MR) is 71.7 cm³/mol. The van der Waals surface area contributed by atoms with Gasteiger partial charge in [0, 0.05) is 12.3 Å². The van der Waals surface area contributed by atoms with Crippen LogP contribution in [-0.4, -0.2) is 18.8 Å². The van der Waals surface area contributed by atoms with Crippen molar-refractivity contribution in [2.75, 3.05) is 18.8 Å². The van der Waals surface area contributed by atoms with Crippen molar-refractivity contribution in [3.63, 3.8) is 0 Å². The Morgan fingerprint density at radius 3 is 2.53 bits per heavy atom. The van der Waals surface area contributed by atoms with Crippen LogP contribution in [0.15, 0.2) is 0 Å². The van der Waals surface area contributed by atoms with Gasteiger partial charge in [0.25, 0.3) is 0 Å². The molecule has 0 saturated heterocycles. The standard InChI is InChI=1S/C13H27NS/c1-2-12(8-9-14-10-11-15)13-6-4-3-5-7-13/h12-15H,2-11H2,1H3/t12-/m0/s1. The van der Waals surface area contributed by atoms with Gasteiger partial charge in [0.15, 0.2) is 0 Å². The van der Waals surface area contributed by atoms with E-state index in [1.165, 1.54) is 51.5 Å². The van der Waals surface area contributed by atoms with Crippen molar-refractivity contribution in [1.29, 1.82) is 0 Å². The third-order valence-electron chi connectivity index (χ3n) is 3.82. The van der Waals surface area contributed by atoms with E-state index in [1.807, 2.05) is 0 Å². The molecule has 0 unspecified atom stereocenters. The lowest BCUT2D eigenvalue weighted by atomic mass is 9.77. The van der Waals surface area contributed by atoms with Crippen LogP contribution in [0.5, 0.6) is 0 Å². The van der Waals surface area contributed by atoms with E-state index in [1.54, 1.807) is 0 Å². The lowest BCUT2D eigenvalue weighted by molar-refractivity contribution is 0.229. The van der Waals surface area contributed by atoms with Gasteiger partial charge in [-0.1, -0.05) is 45.4 Å². The second-order valence-electron chi connectivity index (χ2n) is 4.83. The van der Waals surface area contributed by atoms with Gasteiger partial charge in [-0.15, -0.1) is 0 Å². The number of hydrogen-bond donors (Lipinski definition) is 2. The van der Waals surface area contributed by atoms with Crippen LogP contribution in [0, 0.1) is 11.8 Å². The van der Waals surface area contributed by atoms with Crippen molar-refractivity contribution in [3.8, 4) is 0 Å². The Bertz CT molecular complexity index is 143. The van der Waals surface area contributed by atoms with Gasteiger partial charge in [0.05, 0.1) is 0 Å². The van der Waals surface area contributed by atoms with Crippen LogP contribution in [0.4, 0.5) is 0 Å². The highest BCUT2D eigenvalue weighted by molar-refractivity contribution is 7.80. The zero-order chi connectivity index (χ0) is 10.9. The molecule has 1 atom stereocenters. The van der Waals surface area contributed by atoms with Gasteiger partial charge >= 0.3 is 0 Å². The molecule has 0 spiro atoms. The van der Waals surface area contributed by atoms with E-state index in [9.17, 15) is 0 Å². The first kappa shape index (κ1) is 13.4. The van der Waals surface area contributed by atoms with Crippen LogP contribution in [0.3, 0.4) is 0 Å². The SMILES string of the molecule is CC[C@@H](CCNCCS)C1CCCCC1. The highest BCUT2D eigenvalue weighted by Gasteiger charge is 2.21. The molecule has 0 aromatic carbocycles. The van der Waals surface area contributed by atoms with Crippen molar-refractivity contribution in [3.05, 3.63) is 0 Å². The number of nitrogens with one attached hydrogen (secondary N) is 1. The molecule has 0 amide bonds. The Morgan fingerprint density at radius 1 is 1.20 bits per heavy atom. The molecule has 1 fully saturated rings. The lowest BCUT2D eigenvalue weighted by Crippen LogP contribution is -2.24.